The fourth-order valence-electron chi connectivity index (χ4n) is 1.94. The number of nitrogens with zero attached hydrogens (tertiary/aromatic N) is 5. The van der Waals surface area contributed by atoms with Crippen molar-refractivity contribution in [3.05, 3.63) is 41.9 Å². The Kier molecular flexibility index (Phi) is 4.80. The highest BCUT2D eigenvalue weighted by Gasteiger charge is 2.20. The molecule has 124 valence electrons. The van der Waals surface area contributed by atoms with E-state index >= 15 is 0 Å². The molecule has 8 nitrogen and oxygen atoms in total. The van der Waals surface area contributed by atoms with Crippen LogP contribution in [0.15, 0.2) is 40.4 Å². The van der Waals surface area contributed by atoms with Crippen molar-refractivity contribution in [2.75, 3.05) is 18.5 Å². The van der Waals surface area contributed by atoms with Crippen molar-refractivity contribution in [3.63, 3.8) is 0 Å². The Bertz CT molecular complexity index is 791. The van der Waals surface area contributed by atoms with Gasteiger partial charge in [0.05, 0.1) is 4.88 Å². The lowest BCUT2D eigenvalue weighted by atomic mass is 10.4. The number of hydrogen-bond acceptors (Lipinski definition) is 9. The Labute approximate surface area is 142 Å². The Morgan fingerprint density at radius 1 is 1.33 bits per heavy atom. The molecule has 3 rings (SSSR count). The molecule has 0 fully saturated rings. The first-order chi connectivity index (χ1) is 11.6. The SMILES string of the molecule is CC(OC(=O)CN(C)c1ncccn1)c1nnc(-c2cccs2)o1. The number of carbonyl (C=O) groups is 1. The smallest absolute Gasteiger partial charge is 0.326 e. The highest BCUT2D eigenvalue weighted by molar-refractivity contribution is 7.13. The van der Waals surface area contributed by atoms with Gasteiger partial charge in [0.2, 0.25) is 5.95 Å². The van der Waals surface area contributed by atoms with Crippen LogP contribution in [0.2, 0.25) is 0 Å². The lowest BCUT2D eigenvalue weighted by molar-refractivity contribution is -0.147. The van der Waals surface area contributed by atoms with Gasteiger partial charge in [0.1, 0.15) is 6.54 Å². The molecule has 0 bridgehead atoms. The molecule has 24 heavy (non-hydrogen) atoms. The zero-order valence-electron chi connectivity index (χ0n) is 13.1. The van der Waals surface area contributed by atoms with E-state index in [1.807, 2.05) is 17.5 Å². The summed E-state index contributed by atoms with van der Waals surface area (Å²) in [4.78, 5) is 22.6. The number of hydrogen-bond donors (Lipinski definition) is 0. The zero-order chi connectivity index (χ0) is 16.9. The summed E-state index contributed by atoms with van der Waals surface area (Å²) in [5, 5.41) is 9.83. The topological polar surface area (TPSA) is 94.2 Å². The molecule has 3 aromatic rings. The lowest BCUT2D eigenvalue weighted by Gasteiger charge is -2.16. The summed E-state index contributed by atoms with van der Waals surface area (Å²) in [5.74, 6) is 0.677. The normalized spacial score (nSPS) is 11.9. The highest BCUT2D eigenvalue weighted by Crippen LogP contribution is 2.25. The molecule has 0 spiro atoms. The Balaban J connectivity index is 1.58. The molecular weight excluding hydrogens is 330 g/mol. The molecule has 0 amide bonds. The van der Waals surface area contributed by atoms with Gasteiger partial charge in [-0.25, -0.2) is 9.97 Å². The summed E-state index contributed by atoms with van der Waals surface area (Å²) in [6, 6.07) is 5.49. The van der Waals surface area contributed by atoms with Crippen LogP contribution in [0, 0.1) is 0 Å². The van der Waals surface area contributed by atoms with Gasteiger partial charge >= 0.3 is 5.97 Å². The van der Waals surface area contributed by atoms with Gasteiger partial charge in [-0.3, -0.25) is 4.79 Å². The second kappa shape index (κ2) is 7.18. The minimum Gasteiger partial charge on any atom is -0.451 e. The summed E-state index contributed by atoms with van der Waals surface area (Å²) in [6.07, 6.45) is 2.58. The van der Waals surface area contributed by atoms with E-state index in [2.05, 4.69) is 20.2 Å². The van der Waals surface area contributed by atoms with Crippen LogP contribution in [0.25, 0.3) is 10.8 Å². The summed E-state index contributed by atoms with van der Waals surface area (Å²) in [5.41, 5.74) is 0. The lowest BCUT2D eigenvalue weighted by Crippen LogP contribution is -2.29. The first-order valence-corrected chi connectivity index (χ1v) is 8.06. The molecule has 0 aliphatic heterocycles. The van der Waals surface area contributed by atoms with Crippen LogP contribution in [0.5, 0.6) is 0 Å². The largest absolute Gasteiger partial charge is 0.451 e. The number of thiophene rings is 1. The molecule has 0 aliphatic rings. The van der Waals surface area contributed by atoms with Crippen molar-refractivity contribution in [3.8, 4) is 10.8 Å². The van der Waals surface area contributed by atoms with Crippen LogP contribution in [0.3, 0.4) is 0 Å². The minimum absolute atomic E-state index is 0.0142. The summed E-state index contributed by atoms with van der Waals surface area (Å²) >= 11 is 1.50. The van der Waals surface area contributed by atoms with Crippen molar-refractivity contribution in [1.29, 1.82) is 0 Å². The standard InChI is InChI=1S/C15H15N5O3S/c1-10(13-18-19-14(23-13)11-5-3-8-24-11)22-12(21)9-20(2)15-16-6-4-7-17-15/h3-8,10H,9H2,1-2H3. The van der Waals surface area contributed by atoms with Crippen LogP contribution >= 0.6 is 11.3 Å². The molecule has 1 atom stereocenters. The number of rotatable bonds is 6. The maximum atomic E-state index is 12.0. The van der Waals surface area contributed by atoms with E-state index in [1.165, 1.54) is 11.3 Å². The number of esters is 1. The molecule has 3 heterocycles. The van der Waals surface area contributed by atoms with Crippen molar-refractivity contribution < 1.29 is 13.9 Å². The third-order valence-corrected chi connectivity index (χ3v) is 3.95. The van der Waals surface area contributed by atoms with Gasteiger partial charge in [-0.1, -0.05) is 6.07 Å². The maximum absolute atomic E-state index is 12.0. The number of carbonyl (C=O) groups excluding carboxylic acids is 1. The van der Waals surface area contributed by atoms with Crippen LogP contribution in [-0.2, 0) is 9.53 Å². The third kappa shape index (κ3) is 3.74. The van der Waals surface area contributed by atoms with E-state index < -0.39 is 12.1 Å². The van der Waals surface area contributed by atoms with Crippen LogP contribution in [0.1, 0.15) is 18.9 Å². The minimum atomic E-state index is -0.635. The van der Waals surface area contributed by atoms with Crippen LogP contribution < -0.4 is 4.90 Å². The zero-order valence-corrected chi connectivity index (χ0v) is 13.9. The van der Waals surface area contributed by atoms with Gasteiger partial charge in [-0.2, -0.15) is 0 Å². The van der Waals surface area contributed by atoms with Crippen molar-refractivity contribution in [2.24, 2.45) is 0 Å². The predicted molar refractivity (Wildman–Crippen MR) is 87.4 cm³/mol. The molecule has 0 saturated heterocycles. The van der Waals surface area contributed by atoms with Gasteiger partial charge in [-0.05, 0) is 24.4 Å². The van der Waals surface area contributed by atoms with E-state index in [4.69, 9.17) is 9.15 Å². The number of anilines is 1. The fourth-order valence-corrected chi connectivity index (χ4v) is 2.58. The number of aromatic nitrogens is 4. The molecule has 3 aromatic heterocycles. The molecule has 0 saturated carbocycles. The molecule has 0 N–H and O–H groups in total. The molecule has 0 aromatic carbocycles. The van der Waals surface area contributed by atoms with E-state index in [-0.39, 0.29) is 12.4 Å². The quantitative estimate of drug-likeness (QED) is 0.628. The second-order valence-electron chi connectivity index (χ2n) is 4.96. The van der Waals surface area contributed by atoms with Gasteiger partial charge < -0.3 is 14.1 Å². The maximum Gasteiger partial charge on any atom is 0.326 e. The Morgan fingerprint density at radius 3 is 2.83 bits per heavy atom. The predicted octanol–water partition coefficient (Wildman–Crippen LogP) is 2.33. The highest BCUT2D eigenvalue weighted by atomic mass is 32.1. The molecule has 0 aliphatic carbocycles. The van der Waals surface area contributed by atoms with Crippen LogP contribution in [-0.4, -0.2) is 39.7 Å². The van der Waals surface area contributed by atoms with Gasteiger partial charge in [-0.15, -0.1) is 21.5 Å². The first-order valence-electron chi connectivity index (χ1n) is 7.18. The van der Waals surface area contributed by atoms with E-state index in [9.17, 15) is 4.79 Å². The monoisotopic (exact) mass is 345 g/mol. The summed E-state index contributed by atoms with van der Waals surface area (Å²) < 4.78 is 10.9. The third-order valence-electron chi connectivity index (χ3n) is 3.09. The van der Waals surface area contributed by atoms with E-state index in [0.29, 0.717) is 11.8 Å². The fraction of sp³-hybridized carbons (Fsp3) is 0.267. The summed E-state index contributed by atoms with van der Waals surface area (Å²) in [7, 11) is 1.71. The molecular formula is C15H15N5O3S. The van der Waals surface area contributed by atoms with E-state index in [0.717, 1.165) is 4.88 Å². The average Bonchev–Trinajstić information content (AvgIpc) is 3.26. The van der Waals surface area contributed by atoms with E-state index in [1.54, 1.807) is 37.3 Å². The van der Waals surface area contributed by atoms with Gasteiger partial charge in [0.25, 0.3) is 11.8 Å². The number of ether oxygens (including phenoxy) is 1. The molecule has 1 unspecified atom stereocenters. The van der Waals surface area contributed by atoms with Crippen LogP contribution in [0.4, 0.5) is 5.95 Å². The second-order valence-corrected chi connectivity index (χ2v) is 5.91. The molecule has 9 heteroatoms. The first kappa shape index (κ1) is 16.1. The van der Waals surface area contributed by atoms with Crippen molar-refractivity contribution in [1.82, 2.24) is 20.2 Å². The van der Waals surface area contributed by atoms with Gasteiger partial charge in [0.15, 0.2) is 6.10 Å². The Hall–Kier alpha value is -2.81. The number of likely N-dealkylation sites (N-methyl/N-ethyl adjacent to an activating group) is 1. The Morgan fingerprint density at radius 2 is 2.12 bits per heavy atom. The van der Waals surface area contributed by atoms with Gasteiger partial charge in [0, 0.05) is 19.4 Å². The van der Waals surface area contributed by atoms with Crippen molar-refractivity contribution >= 4 is 23.3 Å². The average molecular weight is 345 g/mol. The van der Waals surface area contributed by atoms with Crippen molar-refractivity contribution in [2.45, 2.75) is 13.0 Å². The summed E-state index contributed by atoms with van der Waals surface area (Å²) in [6.45, 7) is 1.70. The molecule has 0 radical (unpaired) electrons.